The van der Waals surface area contributed by atoms with Crippen molar-refractivity contribution in [2.24, 2.45) is 5.73 Å². The molecule has 17 heavy (non-hydrogen) atoms. The van der Waals surface area contributed by atoms with Crippen LogP contribution in [0.2, 0.25) is 0 Å². The van der Waals surface area contributed by atoms with E-state index in [9.17, 15) is 0 Å². The monoisotopic (exact) mass is 230 g/mol. The maximum atomic E-state index is 5.83. The molecule has 0 radical (unpaired) electrons. The lowest BCUT2D eigenvalue weighted by atomic mass is 9.99. The molecule has 1 heterocycles. The Balaban J connectivity index is 2.23. The summed E-state index contributed by atoms with van der Waals surface area (Å²) in [6, 6.07) is 10.1. The number of hydrogen-bond acceptors (Lipinski definition) is 3. The Morgan fingerprint density at radius 2 is 2.06 bits per heavy atom. The summed E-state index contributed by atoms with van der Waals surface area (Å²) in [4.78, 5) is 4.50. The molecule has 0 aliphatic rings. The number of hydrogen-bond donors (Lipinski definition) is 2. The Kier molecular flexibility index (Phi) is 3.88. The molecule has 4 heteroatoms. The maximum absolute atomic E-state index is 5.83. The highest BCUT2D eigenvalue weighted by molar-refractivity contribution is 5.25. The zero-order valence-corrected chi connectivity index (χ0v) is 10.1. The van der Waals surface area contributed by atoms with Crippen LogP contribution in [0.1, 0.15) is 36.5 Å². The lowest BCUT2D eigenvalue weighted by molar-refractivity contribution is 0.754. The number of aryl methyl sites for hydroxylation is 1. The second kappa shape index (κ2) is 5.59. The van der Waals surface area contributed by atoms with Crippen LogP contribution < -0.4 is 5.73 Å². The Labute approximate surface area is 101 Å². The van der Waals surface area contributed by atoms with Crippen molar-refractivity contribution in [2.45, 2.75) is 25.7 Å². The van der Waals surface area contributed by atoms with Gasteiger partial charge in [-0.15, -0.1) is 0 Å². The summed E-state index contributed by atoms with van der Waals surface area (Å²) in [6.07, 6.45) is 1.99. The summed E-state index contributed by atoms with van der Waals surface area (Å²) in [6.45, 7) is 2.65. The van der Waals surface area contributed by atoms with E-state index < -0.39 is 0 Å². The minimum atomic E-state index is 0.0815. The minimum Gasteiger partial charge on any atom is -0.329 e. The number of H-pyrrole nitrogens is 1. The van der Waals surface area contributed by atoms with Gasteiger partial charge in [0.2, 0.25) is 0 Å². The first-order chi connectivity index (χ1) is 8.35. The smallest absolute Gasteiger partial charge is 0.159 e. The van der Waals surface area contributed by atoms with Crippen LogP contribution in [0.4, 0.5) is 0 Å². The van der Waals surface area contributed by atoms with Crippen molar-refractivity contribution in [2.75, 3.05) is 6.54 Å². The van der Waals surface area contributed by atoms with Gasteiger partial charge in [-0.05, 0) is 12.0 Å². The number of aromatic nitrogens is 3. The highest BCUT2D eigenvalue weighted by atomic mass is 15.2. The normalized spacial score (nSPS) is 12.6. The van der Waals surface area contributed by atoms with Crippen molar-refractivity contribution < 1.29 is 0 Å². The molecular weight excluding hydrogens is 212 g/mol. The van der Waals surface area contributed by atoms with Crippen molar-refractivity contribution in [3.8, 4) is 0 Å². The number of nitrogens with two attached hydrogens (primary N) is 1. The highest BCUT2D eigenvalue weighted by Crippen LogP contribution is 2.20. The predicted octanol–water partition coefficient (Wildman–Crippen LogP) is 1.85. The third-order valence-corrected chi connectivity index (χ3v) is 2.79. The van der Waals surface area contributed by atoms with E-state index in [4.69, 9.17) is 5.73 Å². The van der Waals surface area contributed by atoms with Gasteiger partial charge in [0.15, 0.2) is 5.82 Å². The molecule has 0 aliphatic heterocycles. The molecule has 1 aromatic heterocycles. The van der Waals surface area contributed by atoms with Gasteiger partial charge in [0, 0.05) is 13.0 Å². The van der Waals surface area contributed by atoms with E-state index in [1.54, 1.807) is 0 Å². The van der Waals surface area contributed by atoms with E-state index >= 15 is 0 Å². The van der Waals surface area contributed by atoms with Gasteiger partial charge in [0.1, 0.15) is 5.82 Å². The number of nitrogens with zero attached hydrogens (tertiary/aromatic N) is 2. The van der Waals surface area contributed by atoms with Crippen molar-refractivity contribution in [3.05, 3.63) is 47.5 Å². The van der Waals surface area contributed by atoms with E-state index in [0.717, 1.165) is 30.1 Å². The van der Waals surface area contributed by atoms with Gasteiger partial charge in [-0.25, -0.2) is 4.98 Å². The Hall–Kier alpha value is -1.68. The molecule has 1 aromatic carbocycles. The zero-order valence-electron chi connectivity index (χ0n) is 10.1. The Bertz CT molecular complexity index is 449. The first-order valence-corrected chi connectivity index (χ1v) is 6.01. The summed E-state index contributed by atoms with van der Waals surface area (Å²) >= 11 is 0. The molecule has 0 bridgehead atoms. The number of rotatable bonds is 5. The van der Waals surface area contributed by atoms with Crippen LogP contribution in [0.5, 0.6) is 0 Å². The molecule has 3 N–H and O–H groups in total. The summed E-state index contributed by atoms with van der Waals surface area (Å²) in [7, 11) is 0. The van der Waals surface area contributed by atoms with Crippen LogP contribution in [0.15, 0.2) is 30.3 Å². The van der Waals surface area contributed by atoms with Gasteiger partial charge in [0.05, 0.1) is 5.92 Å². The van der Waals surface area contributed by atoms with Crippen LogP contribution in [0.25, 0.3) is 0 Å². The average molecular weight is 230 g/mol. The number of benzene rings is 1. The molecule has 90 valence electrons. The van der Waals surface area contributed by atoms with E-state index in [-0.39, 0.29) is 5.92 Å². The quantitative estimate of drug-likeness (QED) is 0.823. The van der Waals surface area contributed by atoms with Gasteiger partial charge in [0.25, 0.3) is 0 Å². The number of nitrogens with one attached hydrogen (secondary N) is 1. The molecule has 1 unspecified atom stereocenters. The Morgan fingerprint density at radius 3 is 2.71 bits per heavy atom. The Morgan fingerprint density at radius 1 is 1.29 bits per heavy atom. The largest absolute Gasteiger partial charge is 0.329 e. The lowest BCUT2D eigenvalue weighted by Gasteiger charge is -2.10. The summed E-state index contributed by atoms with van der Waals surface area (Å²) in [5.41, 5.74) is 6.99. The molecule has 0 amide bonds. The van der Waals surface area contributed by atoms with Crippen molar-refractivity contribution in [3.63, 3.8) is 0 Å². The van der Waals surface area contributed by atoms with Gasteiger partial charge in [-0.1, -0.05) is 37.3 Å². The molecular formula is C13H18N4. The highest BCUT2D eigenvalue weighted by Gasteiger charge is 2.16. The fourth-order valence-corrected chi connectivity index (χ4v) is 1.89. The predicted molar refractivity (Wildman–Crippen MR) is 67.7 cm³/mol. The van der Waals surface area contributed by atoms with Crippen molar-refractivity contribution in [1.29, 1.82) is 0 Å². The molecule has 0 saturated carbocycles. The summed E-state index contributed by atoms with van der Waals surface area (Å²) in [5, 5.41) is 7.24. The summed E-state index contributed by atoms with van der Waals surface area (Å²) in [5.74, 6) is 1.82. The molecule has 4 nitrogen and oxygen atoms in total. The molecule has 0 saturated heterocycles. The molecule has 0 aliphatic carbocycles. The third-order valence-electron chi connectivity index (χ3n) is 2.79. The van der Waals surface area contributed by atoms with Gasteiger partial charge >= 0.3 is 0 Å². The third kappa shape index (κ3) is 2.71. The molecule has 1 atom stereocenters. The van der Waals surface area contributed by atoms with Gasteiger partial charge in [-0.3, -0.25) is 5.10 Å². The van der Waals surface area contributed by atoms with E-state index in [2.05, 4.69) is 34.2 Å². The number of aromatic amines is 1. The lowest BCUT2D eigenvalue weighted by Crippen LogP contribution is -2.15. The maximum Gasteiger partial charge on any atom is 0.159 e. The van der Waals surface area contributed by atoms with Crippen LogP contribution in [-0.2, 0) is 6.42 Å². The second-order valence-electron chi connectivity index (χ2n) is 4.09. The fourth-order valence-electron chi connectivity index (χ4n) is 1.89. The standard InChI is InChI=1S/C13H18N4/c1-2-6-12-15-13(17-16-12)11(9-14)10-7-4-3-5-8-10/h3-5,7-8,11H,2,6,9,14H2,1H3,(H,15,16,17). The first kappa shape index (κ1) is 11.8. The average Bonchev–Trinajstić information content (AvgIpc) is 2.81. The van der Waals surface area contributed by atoms with Gasteiger partial charge in [-0.2, -0.15) is 5.10 Å². The van der Waals surface area contributed by atoms with Crippen molar-refractivity contribution >= 4 is 0 Å². The topological polar surface area (TPSA) is 67.6 Å². The minimum absolute atomic E-state index is 0.0815. The van der Waals surface area contributed by atoms with E-state index in [1.165, 1.54) is 0 Å². The molecule has 2 aromatic rings. The molecule has 0 spiro atoms. The van der Waals surface area contributed by atoms with E-state index in [0.29, 0.717) is 6.54 Å². The fraction of sp³-hybridized carbons (Fsp3) is 0.385. The van der Waals surface area contributed by atoms with Crippen LogP contribution in [-0.4, -0.2) is 21.7 Å². The molecule has 0 fully saturated rings. The van der Waals surface area contributed by atoms with Crippen LogP contribution in [0.3, 0.4) is 0 Å². The first-order valence-electron chi connectivity index (χ1n) is 6.01. The van der Waals surface area contributed by atoms with Gasteiger partial charge < -0.3 is 5.73 Å². The van der Waals surface area contributed by atoms with E-state index in [1.807, 2.05) is 18.2 Å². The van der Waals surface area contributed by atoms with Crippen LogP contribution in [0, 0.1) is 0 Å². The zero-order chi connectivity index (χ0) is 12.1. The van der Waals surface area contributed by atoms with Crippen molar-refractivity contribution in [1.82, 2.24) is 15.2 Å². The van der Waals surface area contributed by atoms with Crippen LogP contribution >= 0.6 is 0 Å². The molecule has 2 rings (SSSR count). The second-order valence-corrected chi connectivity index (χ2v) is 4.09. The summed E-state index contributed by atoms with van der Waals surface area (Å²) < 4.78 is 0. The SMILES string of the molecule is CCCc1nc(C(CN)c2ccccc2)n[nH]1.